The lowest BCUT2D eigenvalue weighted by atomic mass is 10.0. The second-order valence-corrected chi connectivity index (χ2v) is 6.17. The number of fused-ring (bicyclic) bond motifs is 1. The summed E-state index contributed by atoms with van der Waals surface area (Å²) >= 11 is 1.68. The van der Waals surface area contributed by atoms with E-state index in [-0.39, 0.29) is 0 Å². The zero-order valence-corrected chi connectivity index (χ0v) is 12.5. The Morgan fingerprint density at radius 2 is 2.24 bits per heavy atom. The molecular formula is C17H17NO2S. The minimum Gasteiger partial charge on any atom is -0.478 e. The van der Waals surface area contributed by atoms with Crippen molar-refractivity contribution in [2.75, 3.05) is 11.4 Å². The smallest absolute Gasteiger partial charge is 0.328 e. The Bertz CT molecular complexity index is 675. The van der Waals surface area contributed by atoms with Crippen LogP contribution < -0.4 is 4.90 Å². The minimum atomic E-state index is -0.910. The summed E-state index contributed by atoms with van der Waals surface area (Å²) in [5.41, 5.74) is 3.72. The number of carboxylic acid groups (broad SMARTS) is 1. The van der Waals surface area contributed by atoms with Gasteiger partial charge >= 0.3 is 5.97 Å². The van der Waals surface area contributed by atoms with Crippen molar-refractivity contribution in [2.24, 2.45) is 0 Å². The number of aliphatic carboxylic acids is 1. The number of carbonyl (C=O) groups is 1. The first-order chi connectivity index (χ1) is 10.2. The topological polar surface area (TPSA) is 40.5 Å². The molecule has 0 saturated carbocycles. The van der Waals surface area contributed by atoms with Crippen LogP contribution >= 0.6 is 11.3 Å². The van der Waals surface area contributed by atoms with Crippen LogP contribution in [0.5, 0.6) is 0 Å². The number of aryl methyl sites for hydroxylation is 1. The van der Waals surface area contributed by atoms with Crippen LogP contribution in [0.15, 0.2) is 41.8 Å². The molecule has 0 bridgehead atoms. The summed E-state index contributed by atoms with van der Waals surface area (Å²) in [5.74, 6) is -0.910. The molecule has 2 aromatic rings. The van der Waals surface area contributed by atoms with Gasteiger partial charge < -0.3 is 10.0 Å². The van der Waals surface area contributed by atoms with Crippen LogP contribution in [0.1, 0.15) is 22.4 Å². The number of hydrogen-bond donors (Lipinski definition) is 1. The summed E-state index contributed by atoms with van der Waals surface area (Å²) in [5, 5.41) is 10.7. The Morgan fingerprint density at radius 3 is 3.10 bits per heavy atom. The second-order valence-electron chi connectivity index (χ2n) is 5.17. The highest BCUT2D eigenvalue weighted by Gasteiger charge is 2.16. The first-order valence-electron chi connectivity index (χ1n) is 7.03. The molecule has 4 heteroatoms. The molecule has 3 rings (SSSR count). The van der Waals surface area contributed by atoms with Crippen LogP contribution in [0.2, 0.25) is 0 Å². The van der Waals surface area contributed by atoms with E-state index in [1.165, 1.54) is 28.6 Å². The van der Waals surface area contributed by atoms with Gasteiger partial charge in [-0.1, -0.05) is 18.2 Å². The van der Waals surface area contributed by atoms with Gasteiger partial charge in [0.1, 0.15) is 0 Å². The largest absolute Gasteiger partial charge is 0.478 e. The average molecular weight is 299 g/mol. The van der Waals surface area contributed by atoms with Gasteiger partial charge in [-0.2, -0.15) is 0 Å². The van der Waals surface area contributed by atoms with Gasteiger partial charge in [0.15, 0.2) is 0 Å². The predicted octanol–water partition coefficient (Wildman–Crippen LogP) is 3.80. The molecule has 2 heterocycles. The van der Waals surface area contributed by atoms with Crippen molar-refractivity contribution in [3.05, 3.63) is 57.8 Å². The summed E-state index contributed by atoms with van der Waals surface area (Å²) in [7, 11) is 0. The lowest BCUT2D eigenvalue weighted by Crippen LogP contribution is -2.28. The van der Waals surface area contributed by atoms with Crippen LogP contribution in [0.25, 0.3) is 6.08 Å². The fourth-order valence-electron chi connectivity index (χ4n) is 2.70. The van der Waals surface area contributed by atoms with Gasteiger partial charge in [-0.25, -0.2) is 4.79 Å². The monoisotopic (exact) mass is 299 g/mol. The molecule has 0 atom stereocenters. The van der Waals surface area contributed by atoms with Crippen molar-refractivity contribution >= 4 is 29.1 Å². The zero-order chi connectivity index (χ0) is 14.7. The molecule has 1 aromatic heterocycles. The third-order valence-corrected chi connectivity index (χ3v) is 4.59. The zero-order valence-electron chi connectivity index (χ0n) is 11.7. The van der Waals surface area contributed by atoms with Gasteiger partial charge in [-0.05, 0) is 47.6 Å². The molecule has 0 unspecified atom stereocenters. The van der Waals surface area contributed by atoms with E-state index in [1.54, 1.807) is 17.4 Å². The van der Waals surface area contributed by atoms with E-state index in [0.717, 1.165) is 25.1 Å². The Kier molecular flexibility index (Phi) is 4.06. The summed E-state index contributed by atoms with van der Waals surface area (Å²) in [6.07, 6.45) is 5.17. The van der Waals surface area contributed by atoms with Crippen molar-refractivity contribution in [1.82, 2.24) is 0 Å². The molecule has 3 nitrogen and oxygen atoms in total. The van der Waals surface area contributed by atoms with Gasteiger partial charge in [0.25, 0.3) is 0 Å². The Labute approximate surface area is 128 Å². The van der Waals surface area contributed by atoms with Gasteiger partial charge in [0.2, 0.25) is 0 Å². The molecule has 1 N–H and O–H groups in total. The predicted molar refractivity (Wildman–Crippen MR) is 86.8 cm³/mol. The number of benzene rings is 1. The number of thiophene rings is 1. The molecule has 1 aliphatic heterocycles. The quantitative estimate of drug-likeness (QED) is 0.873. The molecule has 0 spiro atoms. The van der Waals surface area contributed by atoms with Crippen molar-refractivity contribution in [3.63, 3.8) is 0 Å². The van der Waals surface area contributed by atoms with Crippen molar-refractivity contribution in [1.29, 1.82) is 0 Å². The van der Waals surface area contributed by atoms with E-state index < -0.39 is 5.97 Å². The van der Waals surface area contributed by atoms with Crippen LogP contribution in [0, 0.1) is 0 Å². The van der Waals surface area contributed by atoms with Crippen LogP contribution in [0.3, 0.4) is 0 Å². The van der Waals surface area contributed by atoms with E-state index in [9.17, 15) is 4.79 Å². The molecule has 108 valence electrons. The van der Waals surface area contributed by atoms with Crippen LogP contribution in [0.4, 0.5) is 5.69 Å². The van der Waals surface area contributed by atoms with Crippen LogP contribution in [-0.2, 0) is 17.8 Å². The number of anilines is 1. The number of rotatable bonds is 4. The SMILES string of the molecule is O=C(O)C=Cc1csc(CN2CCCc3ccccc32)c1. The molecule has 0 amide bonds. The van der Waals surface area contributed by atoms with E-state index in [1.807, 2.05) is 5.38 Å². The molecule has 21 heavy (non-hydrogen) atoms. The molecule has 1 aliphatic rings. The van der Waals surface area contributed by atoms with Crippen molar-refractivity contribution < 1.29 is 9.90 Å². The van der Waals surface area contributed by atoms with Gasteiger partial charge in [-0.15, -0.1) is 11.3 Å². The number of para-hydroxylation sites is 1. The highest BCUT2D eigenvalue weighted by Crippen LogP contribution is 2.29. The van der Waals surface area contributed by atoms with E-state index in [2.05, 4.69) is 35.2 Å². The Hall–Kier alpha value is -2.07. The highest BCUT2D eigenvalue weighted by atomic mass is 32.1. The van der Waals surface area contributed by atoms with E-state index in [0.29, 0.717) is 0 Å². The van der Waals surface area contributed by atoms with Gasteiger partial charge in [0, 0.05) is 23.2 Å². The number of carboxylic acids is 1. The minimum absolute atomic E-state index is 0.891. The van der Waals surface area contributed by atoms with E-state index >= 15 is 0 Å². The summed E-state index contributed by atoms with van der Waals surface area (Å²) in [6.45, 7) is 1.97. The summed E-state index contributed by atoms with van der Waals surface area (Å²) in [6, 6.07) is 10.7. The molecule has 0 aliphatic carbocycles. The number of hydrogen-bond acceptors (Lipinski definition) is 3. The summed E-state index contributed by atoms with van der Waals surface area (Å²) < 4.78 is 0. The third-order valence-electron chi connectivity index (χ3n) is 3.65. The second kappa shape index (κ2) is 6.14. The number of nitrogens with zero attached hydrogens (tertiary/aromatic N) is 1. The molecule has 0 radical (unpaired) electrons. The van der Waals surface area contributed by atoms with Gasteiger partial charge in [0.05, 0.1) is 6.54 Å². The first-order valence-corrected chi connectivity index (χ1v) is 7.91. The van der Waals surface area contributed by atoms with Crippen molar-refractivity contribution in [3.8, 4) is 0 Å². The molecule has 0 fully saturated rings. The molecule has 1 aromatic carbocycles. The summed E-state index contributed by atoms with van der Waals surface area (Å²) in [4.78, 5) is 14.2. The highest BCUT2D eigenvalue weighted by molar-refractivity contribution is 7.10. The lowest BCUT2D eigenvalue weighted by molar-refractivity contribution is -0.131. The Morgan fingerprint density at radius 1 is 1.38 bits per heavy atom. The lowest BCUT2D eigenvalue weighted by Gasteiger charge is -2.30. The third kappa shape index (κ3) is 3.34. The fraction of sp³-hybridized carbons (Fsp3) is 0.235. The maximum absolute atomic E-state index is 10.5. The maximum atomic E-state index is 10.5. The van der Waals surface area contributed by atoms with Gasteiger partial charge in [-0.3, -0.25) is 0 Å². The molecule has 0 saturated heterocycles. The fourth-order valence-corrected chi connectivity index (χ4v) is 3.57. The normalized spacial score (nSPS) is 14.4. The first kappa shape index (κ1) is 13.9. The molecular weight excluding hydrogens is 282 g/mol. The maximum Gasteiger partial charge on any atom is 0.328 e. The van der Waals surface area contributed by atoms with E-state index in [4.69, 9.17) is 5.11 Å². The van der Waals surface area contributed by atoms with Crippen molar-refractivity contribution in [2.45, 2.75) is 19.4 Å². The Balaban J connectivity index is 1.74. The van der Waals surface area contributed by atoms with Crippen LogP contribution in [-0.4, -0.2) is 17.6 Å². The average Bonchev–Trinajstić information content (AvgIpc) is 2.93. The standard InChI is InChI=1S/C17H17NO2S/c19-17(20)8-7-13-10-15(21-12-13)11-18-9-3-5-14-4-1-2-6-16(14)18/h1-2,4,6-8,10,12H,3,5,9,11H2,(H,19,20).